The maximum atomic E-state index is 9.00. The Hall–Kier alpha value is -1.63. The third-order valence-electron chi connectivity index (χ3n) is 0. The maximum absolute atomic E-state index is 9.00. The lowest BCUT2D eigenvalue weighted by molar-refractivity contribution is -0.135. The van der Waals surface area contributed by atoms with Gasteiger partial charge in [0.05, 0.1) is 0 Å². The van der Waals surface area contributed by atoms with Gasteiger partial charge in [0, 0.05) is 27.9 Å². The number of aliphatic hydroxyl groups excluding tert-OH is 1. The number of aliphatic hydroxyl groups is 1. The number of aliphatic carboxylic acids is 3. The highest BCUT2D eigenvalue weighted by atomic mass is 16.4. The van der Waals surface area contributed by atoms with Crippen molar-refractivity contribution in [3.05, 3.63) is 0 Å². The molecular formula is C7H16O7. The zero-order valence-electron chi connectivity index (χ0n) is 8.51. The minimum Gasteiger partial charge on any atom is -0.481 e. The first-order valence-corrected chi connectivity index (χ1v) is 3.23. The van der Waals surface area contributed by atoms with Crippen LogP contribution in [-0.4, -0.2) is 45.4 Å². The topological polar surface area (TPSA) is 132 Å². The minimum absolute atomic E-state index is 0.833. The quantitative estimate of drug-likeness (QED) is 0.440. The summed E-state index contributed by atoms with van der Waals surface area (Å²) < 4.78 is 0. The van der Waals surface area contributed by atoms with Gasteiger partial charge >= 0.3 is 0 Å². The number of rotatable bonds is 0. The Bertz CT molecular complexity index is 112. The van der Waals surface area contributed by atoms with Crippen LogP contribution in [0.25, 0.3) is 0 Å². The molecule has 0 heterocycles. The molecule has 0 atom stereocenters. The van der Waals surface area contributed by atoms with E-state index in [1.165, 1.54) is 0 Å². The Labute approximate surface area is 81.6 Å². The van der Waals surface area contributed by atoms with E-state index in [1.54, 1.807) is 0 Å². The highest BCUT2D eigenvalue weighted by Crippen LogP contribution is 1.42. The third-order valence-corrected chi connectivity index (χ3v) is 0. The molecule has 0 bridgehead atoms. The van der Waals surface area contributed by atoms with Crippen LogP contribution in [0.1, 0.15) is 20.8 Å². The van der Waals surface area contributed by atoms with E-state index in [9.17, 15) is 0 Å². The van der Waals surface area contributed by atoms with E-state index in [4.69, 9.17) is 34.8 Å². The van der Waals surface area contributed by atoms with E-state index in [-0.39, 0.29) is 0 Å². The van der Waals surface area contributed by atoms with Crippen molar-refractivity contribution >= 4 is 17.9 Å². The number of carbonyl (C=O) groups is 3. The van der Waals surface area contributed by atoms with E-state index < -0.39 is 17.9 Å². The molecule has 0 spiro atoms. The first-order chi connectivity index (χ1) is 6.20. The van der Waals surface area contributed by atoms with E-state index in [0.29, 0.717) is 0 Å². The standard InChI is InChI=1S/3C2H4O2.CH4O/c3*1-2(3)4;1-2/h3*1H3,(H,3,4);2H,1H3. The lowest BCUT2D eigenvalue weighted by Crippen LogP contribution is -1.78. The molecule has 86 valence electrons. The third kappa shape index (κ3) is 343. The number of carboxylic acids is 3. The van der Waals surface area contributed by atoms with Gasteiger partial charge in [-0.25, -0.2) is 0 Å². The molecule has 0 aliphatic carbocycles. The van der Waals surface area contributed by atoms with Gasteiger partial charge in [-0.05, 0) is 0 Å². The molecule has 0 rings (SSSR count). The number of hydrogen-bond acceptors (Lipinski definition) is 4. The SMILES string of the molecule is CC(=O)O.CC(=O)O.CC(=O)O.CO. The molecular weight excluding hydrogens is 196 g/mol. The summed E-state index contributed by atoms with van der Waals surface area (Å²) >= 11 is 0. The fraction of sp³-hybridized carbons (Fsp3) is 0.571. The molecule has 0 aromatic heterocycles. The van der Waals surface area contributed by atoms with Crippen LogP contribution in [0.4, 0.5) is 0 Å². The highest BCUT2D eigenvalue weighted by Gasteiger charge is 1.66. The summed E-state index contributed by atoms with van der Waals surface area (Å²) in [5.74, 6) is -2.50. The first kappa shape index (κ1) is 22.8. The first-order valence-electron chi connectivity index (χ1n) is 3.23. The number of carboxylic acid groups (broad SMARTS) is 3. The Kier molecular flexibility index (Phi) is 36.7. The summed E-state index contributed by atoms with van der Waals surface area (Å²) in [6.07, 6.45) is 0. The molecule has 7 heteroatoms. The van der Waals surface area contributed by atoms with Gasteiger partial charge in [0.25, 0.3) is 17.9 Å². The van der Waals surface area contributed by atoms with Crippen molar-refractivity contribution < 1.29 is 34.8 Å². The summed E-state index contributed by atoms with van der Waals surface area (Å²) in [6.45, 7) is 3.25. The minimum atomic E-state index is -0.833. The monoisotopic (exact) mass is 212 g/mol. The summed E-state index contributed by atoms with van der Waals surface area (Å²) in [5.41, 5.74) is 0. The van der Waals surface area contributed by atoms with Gasteiger partial charge in [-0.1, -0.05) is 0 Å². The van der Waals surface area contributed by atoms with Crippen molar-refractivity contribution in [1.29, 1.82) is 0 Å². The predicted molar refractivity (Wildman–Crippen MR) is 48.1 cm³/mol. The Balaban J connectivity index is -0.0000000492. The van der Waals surface area contributed by atoms with Gasteiger partial charge < -0.3 is 20.4 Å². The zero-order chi connectivity index (χ0) is 12.7. The van der Waals surface area contributed by atoms with Gasteiger partial charge in [-0.3, -0.25) is 14.4 Å². The van der Waals surface area contributed by atoms with Crippen LogP contribution in [0, 0.1) is 0 Å². The van der Waals surface area contributed by atoms with Gasteiger partial charge in [0.1, 0.15) is 0 Å². The Morgan fingerprint density at radius 3 is 0.643 bits per heavy atom. The van der Waals surface area contributed by atoms with Crippen LogP contribution >= 0.6 is 0 Å². The zero-order valence-corrected chi connectivity index (χ0v) is 8.51. The van der Waals surface area contributed by atoms with Crippen molar-refractivity contribution in [2.45, 2.75) is 20.8 Å². The number of hydrogen-bond donors (Lipinski definition) is 4. The molecule has 4 N–H and O–H groups in total. The lowest BCUT2D eigenvalue weighted by atomic mass is 10.9. The summed E-state index contributed by atoms with van der Waals surface area (Å²) in [4.78, 5) is 27.0. The van der Waals surface area contributed by atoms with Crippen LogP contribution < -0.4 is 0 Å². The second kappa shape index (κ2) is 22.5. The van der Waals surface area contributed by atoms with E-state index >= 15 is 0 Å². The summed E-state index contributed by atoms with van der Waals surface area (Å²) in [7, 11) is 1.00. The second-order valence-corrected chi connectivity index (χ2v) is 1.56. The normalized spacial score (nSPS) is 5.79. The van der Waals surface area contributed by atoms with Crippen molar-refractivity contribution in [1.82, 2.24) is 0 Å². The summed E-state index contributed by atoms with van der Waals surface area (Å²) in [6, 6.07) is 0. The van der Waals surface area contributed by atoms with Crippen molar-refractivity contribution in [3.63, 3.8) is 0 Å². The van der Waals surface area contributed by atoms with E-state index in [0.717, 1.165) is 27.9 Å². The van der Waals surface area contributed by atoms with Crippen molar-refractivity contribution in [3.8, 4) is 0 Å². The van der Waals surface area contributed by atoms with Gasteiger partial charge in [0.15, 0.2) is 0 Å². The van der Waals surface area contributed by atoms with Crippen molar-refractivity contribution in [2.75, 3.05) is 7.11 Å². The lowest BCUT2D eigenvalue weighted by Gasteiger charge is -1.59. The van der Waals surface area contributed by atoms with Crippen LogP contribution in [0.2, 0.25) is 0 Å². The molecule has 0 unspecified atom stereocenters. The predicted octanol–water partition coefficient (Wildman–Crippen LogP) is -0.119. The molecule has 0 fully saturated rings. The highest BCUT2D eigenvalue weighted by molar-refractivity contribution is 5.63. The molecule has 0 aromatic carbocycles. The second-order valence-electron chi connectivity index (χ2n) is 1.56. The average molecular weight is 212 g/mol. The van der Waals surface area contributed by atoms with Crippen LogP contribution in [-0.2, 0) is 14.4 Å². The van der Waals surface area contributed by atoms with Gasteiger partial charge in [-0.2, -0.15) is 0 Å². The Morgan fingerprint density at radius 2 is 0.643 bits per heavy atom. The fourth-order valence-electron chi connectivity index (χ4n) is 0. The largest absolute Gasteiger partial charge is 0.481 e. The molecule has 0 saturated heterocycles. The molecule has 0 aliphatic rings. The molecule has 0 radical (unpaired) electrons. The molecule has 14 heavy (non-hydrogen) atoms. The smallest absolute Gasteiger partial charge is 0.300 e. The molecule has 0 aromatic rings. The average Bonchev–Trinajstić information content (AvgIpc) is 1.86. The van der Waals surface area contributed by atoms with Crippen LogP contribution in [0.15, 0.2) is 0 Å². The Morgan fingerprint density at radius 1 is 0.643 bits per heavy atom. The van der Waals surface area contributed by atoms with E-state index in [1.807, 2.05) is 0 Å². The molecule has 7 nitrogen and oxygen atoms in total. The maximum Gasteiger partial charge on any atom is 0.300 e. The summed E-state index contributed by atoms with van der Waals surface area (Å²) in [5, 5.41) is 29.2. The van der Waals surface area contributed by atoms with Crippen LogP contribution in [0.3, 0.4) is 0 Å². The van der Waals surface area contributed by atoms with Crippen LogP contribution in [0.5, 0.6) is 0 Å². The van der Waals surface area contributed by atoms with Gasteiger partial charge in [-0.15, -0.1) is 0 Å². The van der Waals surface area contributed by atoms with E-state index in [2.05, 4.69) is 0 Å². The van der Waals surface area contributed by atoms with Crippen molar-refractivity contribution in [2.24, 2.45) is 0 Å². The fourth-order valence-corrected chi connectivity index (χ4v) is 0. The molecule has 0 amide bonds. The molecule has 0 aliphatic heterocycles. The van der Waals surface area contributed by atoms with Gasteiger partial charge in [0.2, 0.25) is 0 Å². The molecule has 0 saturated carbocycles.